The average molecular weight is 331 g/mol. The molecule has 0 radical (unpaired) electrons. The first kappa shape index (κ1) is 13.9. The van der Waals surface area contributed by atoms with Gasteiger partial charge in [0.2, 0.25) is 0 Å². The average Bonchev–Trinajstić information content (AvgIpc) is 2.41. The van der Waals surface area contributed by atoms with Crippen LogP contribution in [-0.4, -0.2) is 6.61 Å². The Kier molecular flexibility index (Phi) is 4.14. The first-order valence-corrected chi connectivity index (χ1v) is 6.29. The number of benzene rings is 2. The topological polar surface area (TPSA) is 9.23 Å². The van der Waals surface area contributed by atoms with Gasteiger partial charge in [-0.1, -0.05) is 46.3 Å². The van der Waals surface area contributed by atoms with Crippen molar-refractivity contribution in [3.05, 3.63) is 64.4 Å². The van der Waals surface area contributed by atoms with E-state index >= 15 is 0 Å². The zero-order valence-corrected chi connectivity index (χ0v) is 11.3. The zero-order valence-electron chi connectivity index (χ0n) is 9.75. The van der Waals surface area contributed by atoms with Gasteiger partial charge < -0.3 is 4.74 Å². The van der Waals surface area contributed by atoms with E-state index in [-0.39, 0.29) is 11.3 Å². The molecule has 0 aliphatic heterocycles. The van der Waals surface area contributed by atoms with Crippen LogP contribution in [-0.2, 0) is 5.92 Å². The lowest BCUT2D eigenvalue weighted by atomic mass is 10.1. The summed E-state index contributed by atoms with van der Waals surface area (Å²) in [5, 5.41) is 0. The Balaban J connectivity index is 2.12. The summed E-state index contributed by atoms with van der Waals surface area (Å²) >= 11 is 3.13. The van der Waals surface area contributed by atoms with Crippen LogP contribution in [0.2, 0.25) is 0 Å². The molecule has 0 aliphatic carbocycles. The highest BCUT2D eigenvalue weighted by atomic mass is 79.9. The molecule has 0 atom stereocenters. The van der Waals surface area contributed by atoms with Crippen LogP contribution in [0.15, 0.2) is 53.0 Å². The van der Waals surface area contributed by atoms with Gasteiger partial charge in [-0.25, -0.2) is 4.39 Å². The number of alkyl halides is 2. The van der Waals surface area contributed by atoms with E-state index in [4.69, 9.17) is 4.74 Å². The van der Waals surface area contributed by atoms with Gasteiger partial charge in [0.15, 0.2) is 18.2 Å². The van der Waals surface area contributed by atoms with Crippen LogP contribution in [0.25, 0.3) is 0 Å². The molecule has 0 N–H and O–H groups in total. The van der Waals surface area contributed by atoms with E-state index < -0.39 is 18.3 Å². The minimum absolute atomic E-state index is 0.162. The molecule has 0 unspecified atom stereocenters. The number of hydrogen-bond donors (Lipinski definition) is 0. The molecule has 100 valence electrons. The van der Waals surface area contributed by atoms with Crippen LogP contribution >= 0.6 is 15.9 Å². The summed E-state index contributed by atoms with van der Waals surface area (Å²) in [4.78, 5) is 0. The van der Waals surface area contributed by atoms with E-state index in [0.29, 0.717) is 4.47 Å². The summed E-state index contributed by atoms with van der Waals surface area (Å²) in [6.45, 7) is -0.912. The van der Waals surface area contributed by atoms with Gasteiger partial charge in [-0.2, -0.15) is 8.78 Å². The molecular weight excluding hydrogens is 321 g/mol. The maximum absolute atomic E-state index is 13.8. The van der Waals surface area contributed by atoms with Gasteiger partial charge in [-0.05, 0) is 18.2 Å². The van der Waals surface area contributed by atoms with Gasteiger partial charge in [-0.15, -0.1) is 0 Å². The molecular formula is C14H10BrF3O. The SMILES string of the molecule is Fc1ccc(Br)cc1OCC(F)(F)c1ccccc1. The molecule has 1 nitrogen and oxygen atoms in total. The van der Waals surface area contributed by atoms with Crippen LogP contribution in [0.4, 0.5) is 13.2 Å². The molecule has 0 aliphatic rings. The van der Waals surface area contributed by atoms with Gasteiger partial charge in [0, 0.05) is 10.0 Å². The summed E-state index contributed by atoms with van der Waals surface area (Å²) in [7, 11) is 0. The Morgan fingerprint density at radius 1 is 1.05 bits per heavy atom. The Bertz CT molecular complexity index is 558. The first-order chi connectivity index (χ1) is 8.99. The number of halogens is 4. The maximum atomic E-state index is 13.8. The second-order valence-corrected chi connectivity index (χ2v) is 4.85. The predicted octanol–water partition coefficient (Wildman–Crippen LogP) is 4.76. The quantitative estimate of drug-likeness (QED) is 0.785. The minimum Gasteiger partial charge on any atom is -0.484 e. The van der Waals surface area contributed by atoms with Crippen molar-refractivity contribution < 1.29 is 17.9 Å². The Labute approximate surface area is 117 Å². The van der Waals surface area contributed by atoms with Crippen LogP contribution in [0, 0.1) is 5.82 Å². The van der Waals surface area contributed by atoms with Gasteiger partial charge in [-0.3, -0.25) is 0 Å². The third-order valence-electron chi connectivity index (χ3n) is 2.50. The molecule has 2 aromatic rings. The molecule has 0 spiro atoms. The number of hydrogen-bond acceptors (Lipinski definition) is 1. The van der Waals surface area contributed by atoms with E-state index in [1.807, 2.05) is 0 Å². The van der Waals surface area contributed by atoms with Crippen molar-refractivity contribution in [1.82, 2.24) is 0 Å². The molecule has 5 heteroatoms. The highest BCUT2D eigenvalue weighted by Gasteiger charge is 2.32. The van der Waals surface area contributed by atoms with Crippen LogP contribution < -0.4 is 4.74 Å². The molecule has 0 heterocycles. The second kappa shape index (κ2) is 5.65. The van der Waals surface area contributed by atoms with Crippen LogP contribution in [0.5, 0.6) is 5.75 Å². The van der Waals surface area contributed by atoms with E-state index in [2.05, 4.69) is 15.9 Å². The lowest BCUT2D eigenvalue weighted by molar-refractivity contribution is -0.0475. The molecule has 2 aromatic carbocycles. The van der Waals surface area contributed by atoms with E-state index in [1.54, 1.807) is 6.07 Å². The maximum Gasteiger partial charge on any atom is 0.306 e. The highest BCUT2D eigenvalue weighted by Crippen LogP contribution is 2.30. The zero-order chi connectivity index (χ0) is 13.9. The van der Waals surface area contributed by atoms with E-state index in [1.165, 1.54) is 36.4 Å². The molecule has 2 rings (SSSR count). The molecule has 0 saturated carbocycles. The van der Waals surface area contributed by atoms with Crippen molar-refractivity contribution in [2.24, 2.45) is 0 Å². The standard InChI is InChI=1S/C14H10BrF3O/c15-11-6-7-12(16)13(8-11)19-9-14(17,18)10-4-2-1-3-5-10/h1-8H,9H2. The normalized spacial score (nSPS) is 11.4. The largest absolute Gasteiger partial charge is 0.484 e. The fourth-order valence-corrected chi connectivity index (χ4v) is 1.86. The smallest absolute Gasteiger partial charge is 0.306 e. The first-order valence-electron chi connectivity index (χ1n) is 5.50. The minimum atomic E-state index is -3.17. The van der Waals surface area contributed by atoms with Crippen molar-refractivity contribution in [3.63, 3.8) is 0 Å². The predicted molar refractivity (Wildman–Crippen MR) is 69.9 cm³/mol. The van der Waals surface area contributed by atoms with Gasteiger partial charge in [0.05, 0.1) is 0 Å². The lowest BCUT2D eigenvalue weighted by Crippen LogP contribution is -2.23. The van der Waals surface area contributed by atoms with Gasteiger partial charge in [0.1, 0.15) is 0 Å². The number of rotatable bonds is 4. The number of ether oxygens (including phenoxy) is 1. The molecule has 0 saturated heterocycles. The van der Waals surface area contributed by atoms with Crippen molar-refractivity contribution in [3.8, 4) is 5.75 Å². The Morgan fingerprint density at radius 3 is 2.42 bits per heavy atom. The summed E-state index contributed by atoms with van der Waals surface area (Å²) < 4.78 is 46.4. The molecule has 0 fully saturated rings. The summed E-state index contributed by atoms with van der Waals surface area (Å²) in [6.07, 6.45) is 0. The van der Waals surface area contributed by atoms with Crippen LogP contribution in [0.3, 0.4) is 0 Å². The third kappa shape index (κ3) is 3.50. The Morgan fingerprint density at radius 2 is 1.74 bits per heavy atom. The van der Waals surface area contributed by atoms with Crippen molar-refractivity contribution in [1.29, 1.82) is 0 Å². The van der Waals surface area contributed by atoms with Gasteiger partial charge in [0.25, 0.3) is 0 Å². The van der Waals surface area contributed by atoms with E-state index in [0.717, 1.165) is 6.07 Å². The monoisotopic (exact) mass is 330 g/mol. The second-order valence-electron chi connectivity index (χ2n) is 3.93. The summed E-state index contributed by atoms with van der Waals surface area (Å²) in [5.74, 6) is -4.05. The third-order valence-corrected chi connectivity index (χ3v) is 2.99. The van der Waals surface area contributed by atoms with Crippen molar-refractivity contribution >= 4 is 15.9 Å². The lowest BCUT2D eigenvalue weighted by Gasteiger charge is -2.17. The highest BCUT2D eigenvalue weighted by molar-refractivity contribution is 9.10. The van der Waals surface area contributed by atoms with Crippen molar-refractivity contribution in [2.75, 3.05) is 6.61 Å². The molecule has 19 heavy (non-hydrogen) atoms. The van der Waals surface area contributed by atoms with Gasteiger partial charge >= 0.3 is 5.92 Å². The summed E-state index contributed by atoms with van der Waals surface area (Å²) in [6, 6.07) is 11.2. The fraction of sp³-hybridized carbons (Fsp3) is 0.143. The fourth-order valence-electron chi connectivity index (χ4n) is 1.52. The Hall–Kier alpha value is -1.49. The summed E-state index contributed by atoms with van der Waals surface area (Å²) in [5.41, 5.74) is -0.162. The van der Waals surface area contributed by atoms with E-state index in [9.17, 15) is 13.2 Å². The molecule has 0 amide bonds. The van der Waals surface area contributed by atoms with Crippen molar-refractivity contribution in [2.45, 2.75) is 5.92 Å². The molecule has 0 aromatic heterocycles. The molecule has 0 bridgehead atoms. The van der Waals surface area contributed by atoms with Crippen LogP contribution in [0.1, 0.15) is 5.56 Å².